The van der Waals surface area contributed by atoms with E-state index in [1.807, 2.05) is 30.3 Å². The molecule has 27 aromatic rings. The molecule has 0 saturated heterocycles. The molecule has 0 aliphatic carbocycles. The Balaban J connectivity index is 0.574. The first-order valence-corrected chi connectivity index (χ1v) is 46.4. The molecule has 27 rings (SSSR count). The minimum atomic E-state index is 0.350. The van der Waals surface area contributed by atoms with Crippen LogP contribution in [0.25, 0.3) is 226 Å². The van der Waals surface area contributed by atoms with Gasteiger partial charge in [0.25, 0.3) is 0 Å². The Bertz CT molecular complexity index is 9290. The minimum absolute atomic E-state index is 0.350. The lowest BCUT2D eigenvalue weighted by molar-refractivity contribution is 0.247. The summed E-state index contributed by atoms with van der Waals surface area (Å²) in [7, 11) is 0. The van der Waals surface area contributed by atoms with Gasteiger partial charge in [0.05, 0.1) is 138 Å². The van der Waals surface area contributed by atoms with E-state index in [-0.39, 0.29) is 0 Å². The first-order chi connectivity index (χ1) is 67.3. The zero-order valence-corrected chi connectivity index (χ0v) is 74.2. The van der Waals surface area contributed by atoms with Crippen molar-refractivity contribution in [3.63, 3.8) is 0 Å². The molecule has 0 aliphatic rings. The van der Waals surface area contributed by atoms with Gasteiger partial charge in [0.15, 0.2) is 5.58 Å². The van der Waals surface area contributed by atoms with E-state index < -0.39 is 0 Å². The number of hydrogen-bond acceptors (Lipinski definition) is 8. The summed E-state index contributed by atoms with van der Waals surface area (Å²) in [5.41, 5.74) is 25.1. The topological polar surface area (TPSA) is 134 Å². The highest BCUT2D eigenvalue weighted by molar-refractivity contribution is 6.19. The summed E-state index contributed by atoms with van der Waals surface area (Å²) < 4.78 is 51.5. The molecular formula is C121H82N10O5. The number of furan rings is 1. The van der Waals surface area contributed by atoms with Gasteiger partial charge in [-0.05, 0) is 164 Å². The van der Waals surface area contributed by atoms with Gasteiger partial charge in [-0.15, -0.1) is 0 Å². The Morgan fingerprint density at radius 3 is 0.956 bits per heavy atom. The first kappa shape index (κ1) is 78.0. The van der Waals surface area contributed by atoms with Crippen molar-refractivity contribution < 1.29 is 23.4 Å². The van der Waals surface area contributed by atoms with Crippen molar-refractivity contribution in [3.8, 4) is 80.4 Å². The van der Waals surface area contributed by atoms with E-state index in [4.69, 9.17) is 33.3 Å². The van der Waals surface area contributed by atoms with Crippen LogP contribution in [-0.4, -0.2) is 68.4 Å². The lowest BCUT2D eigenvalue weighted by Crippen LogP contribution is -2.14. The number of benzene rings is 17. The van der Waals surface area contributed by atoms with Crippen LogP contribution in [0.3, 0.4) is 0 Å². The Morgan fingerprint density at radius 1 is 0.257 bits per heavy atom. The van der Waals surface area contributed by atoms with E-state index in [1.165, 1.54) is 0 Å². The summed E-state index contributed by atoms with van der Waals surface area (Å²) in [5, 5.41) is 27.4. The van der Waals surface area contributed by atoms with Crippen LogP contribution in [0.15, 0.2) is 393 Å². The van der Waals surface area contributed by atoms with Crippen molar-refractivity contribution in [2.75, 3.05) is 26.4 Å². The average Bonchev–Trinajstić information content (AvgIpc) is 1.47. The molecular weight excluding hydrogens is 1670 g/mol. The molecule has 0 N–H and O–H groups in total. The fourth-order valence-electron chi connectivity index (χ4n) is 21.9. The quantitative estimate of drug-likeness (QED) is 0.0689. The molecule has 10 aromatic heterocycles. The lowest BCUT2D eigenvalue weighted by Gasteiger charge is -2.28. The van der Waals surface area contributed by atoms with Crippen LogP contribution in [0.4, 0.5) is 0 Å². The molecule has 17 aromatic carbocycles. The van der Waals surface area contributed by atoms with Crippen molar-refractivity contribution in [1.82, 2.24) is 41.9 Å². The zero-order valence-electron chi connectivity index (χ0n) is 74.2. The van der Waals surface area contributed by atoms with E-state index in [2.05, 4.69) is 410 Å². The van der Waals surface area contributed by atoms with Crippen molar-refractivity contribution in [1.29, 1.82) is 5.26 Å². The predicted octanol–water partition coefficient (Wildman–Crippen LogP) is 29.9. The van der Waals surface area contributed by atoms with Gasteiger partial charge in [-0.3, -0.25) is 13.7 Å². The van der Waals surface area contributed by atoms with Crippen molar-refractivity contribution in [2.45, 2.75) is 26.7 Å². The molecule has 0 amide bonds. The van der Waals surface area contributed by atoms with Gasteiger partial charge < -0.3 is 41.6 Å². The van der Waals surface area contributed by atoms with Crippen LogP contribution in [0.1, 0.15) is 29.5 Å². The van der Waals surface area contributed by atoms with Gasteiger partial charge in [0.1, 0.15) is 51.6 Å². The standard InChI is InChI=1S/C121H82N10O5/c1-74-75(2)118(129-105-52-23-11-40-90(105)91-41-12-24-53-106(91)129)120(119(116(74)77-31-27-30-76(66-77)73-122)130-107-54-25-13-42-92(107)93-43-14-26-55-108(93)130)131-109-60-57-78(132-62-28-64-134-80-56-59-94-112(69-80)136-121-111(125-97-44-15-3-32-82(97)83-33-4-16-45-98(83)125)72-115(124-117(94)121)128-103-50-21-9-38-88(103)89-39-10-22-51-104(89)128)67-95(109)96-68-79(58-61-110(96)131)133-63-29-65-135-81-70-113(126-99-46-17-5-34-84(99)85-35-6-18-47-100(85)126)123-114(71-81)127-101-48-19-7-36-86(101)87-37-8-20-49-102(87)127/h3-27,30-61,66-72H,28-29,62-65H2,1-2H3. The molecule has 0 radical (unpaired) electrons. The lowest BCUT2D eigenvalue weighted by atomic mass is 9.90. The normalized spacial score (nSPS) is 12.1. The van der Waals surface area contributed by atoms with E-state index in [1.54, 1.807) is 0 Å². The number of fused-ring (bicyclic) bond motifs is 24. The summed E-state index contributed by atoms with van der Waals surface area (Å²) in [6.07, 6.45) is 1.13. The first-order valence-electron chi connectivity index (χ1n) is 46.4. The largest absolute Gasteiger partial charge is 0.493 e. The number of ether oxygens (including phenoxy) is 4. The number of aromatic nitrogens is 9. The molecule has 136 heavy (non-hydrogen) atoms. The third kappa shape index (κ3) is 12.1. The van der Waals surface area contributed by atoms with Crippen LogP contribution in [-0.2, 0) is 0 Å². The number of rotatable bonds is 20. The summed E-state index contributed by atoms with van der Waals surface area (Å²) >= 11 is 0. The van der Waals surface area contributed by atoms with E-state index in [0.717, 1.165) is 226 Å². The van der Waals surface area contributed by atoms with Crippen molar-refractivity contribution in [2.24, 2.45) is 0 Å². The molecule has 15 nitrogen and oxygen atoms in total. The highest BCUT2D eigenvalue weighted by atomic mass is 16.5. The van der Waals surface area contributed by atoms with Crippen LogP contribution >= 0.6 is 0 Å². The molecule has 0 spiro atoms. The maximum atomic E-state index is 10.9. The van der Waals surface area contributed by atoms with Crippen LogP contribution in [0.2, 0.25) is 0 Å². The van der Waals surface area contributed by atoms with Gasteiger partial charge >= 0.3 is 0 Å². The number of nitriles is 1. The molecule has 0 atom stereocenters. The molecule has 0 saturated carbocycles. The average molecular weight is 1760 g/mol. The molecule has 0 bridgehead atoms. The fourth-order valence-corrected chi connectivity index (χ4v) is 21.9. The molecule has 0 fully saturated rings. The van der Waals surface area contributed by atoms with Gasteiger partial charge in [0.2, 0.25) is 0 Å². The third-order valence-electron chi connectivity index (χ3n) is 27.8. The SMILES string of the molecule is Cc1c(C)c(-n2c3ccccc3c3ccccc32)c(-n2c3ccc(OCCCOc4cc(-n5c6ccccc6c6ccccc65)nc(-n5c6ccccc6c6ccccc65)c4)cc3c3cc(OCCCOc4ccc5c(c4)oc4c(-n6c7ccccc7c7ccccc76)cc(-n6c7ccccc7c7ccccc76)nc45)ccc32)c(-n2c3ccccc3c3ccccc32)c1-c1cccc(C#N)c1. The van der Waals surface area contributed by atoms with Crippen LogP contribution in [0.5, 0.6) is 23.0 Å². The maximum Gasteiger partial charge on any atom is 0.178 e. The summed E-state index contributed by atoms with van der Waals surface area (Å²) in [5.74, 6) is 5.04. The van der Waals surface area contributed by atoms with Gasteiger partial charge in [0, 0.05) is 123 Å². The number of hydrogen-bond donors (Lipinski definition) is 0. The zero-order chi connectivity index (χ0) is 89.9. The minimum Gasteiger partial charge on any atom is -0.493 e. The Morgan fingerprint density at radius 2 is 0.574 bits per heavy atom. The molecule has 0 unspecified atom stereocenters. The highest BCUT2D eigenvalue weighted by Crippen LogP contribution is 2.52. The summed E-state index contributed by atoms with van der Waals surface area (Å²) in [6, 6.07) is 140. The Kier molecular flexibility index (Phi) is 17.9. The fraction of sp³-hybridized carbons (Fsp3) is 0.0661. The number of para-hydroxylation sites is 12. The second-order valence-corrected chi connectivity index (χ2v) is 35.3. The highest BCUT2D eigenvalue weighted by Gasteiger charge is 2.33. The van der Waals surface area contributed by atoms with Crippen LogP contribution < -0.4 is 18.9 Å². The van der Waals surface area contributed by atoms with Crippen molar-refractivity contribution >= 4 is 175 Å². The smallest absolute Gasteiger partial charge is 0.178 e. The molecule has 15 heteroatoms. The third-order valence-corrected chi connectivity index (χ3v) is 27.8. The monoisotopic (exact) mass is 1750 g/mol. The molecule has 646 valence electrons. The van der Waals surface area contributed by atoms with Gasteiger partial charge in [-0.25, -0.2) is 9.97 Å². The Labute approximate surface area is 778 Å². The van der Waals surface area contributed by atoms with Crippen LogP contribution in [0, 0.1) is 25.2 Å². The summed E-state index contributed by atoms with van der Waals surface area (Å²) in [6.45, 7) is 5.95. The second kappa shape index (κ2) is 31.2. The molecule has 10 heterocycles. The van der Waals surface area contributed by atoms with Gasteiger partial charge in [-0.2, -0.15) is 5.26 Å². The van der Waals surface area contributed by atoms with E-state index in [0.29, 0.717) is 79.0 Å². The van der Waals surface area contributed by atoms with E-state index >= 15 is 0 Å². The van der Waals surface area contributed by atoms with Gasteiger partial charge in [-0.1, -0.05) is 231 Å². The maximum absolute atomic E-state index is 10.9. The number of nitrogens with zero attached hydrogens (tertiary/aromatic N) is 10. The number of pyridine rings is 2. The van der Waals surface area contributed by atoms with E-state index in [9.17, 15) is 5.26 Å². The second-order valence-electron chi connectivity index (χ2n) is 35.3. The predicted molar refractivity (Wildman–Crippen MR) is 553 cm³/mol. The Hall–Kier alpha value is -17.9. The molecule has 0 aliphatic heterocycles. The summed E-state index contributed by atoms with van der Waals surface area (Å²) in [4.78, 5) is 11.1. The van der Waals surface area contributed by atoms with Crippen molar-refractivity contribution in [3.05, 3.63) is 405 Å².